The lowest BCUT2D eigenvalue weighted by atomic mass is 10.1. The lowest BCUT2D eigenvalue weighted by molar-refractivity contribution is 0.274. The maximum absolute atomic E-state index is 8.78. The predicted molar refractivity (Wildman–Crippen MR) is 72.7 cm³/mol. The molecule has 0 bridgehead atoms. The van der Waals surface area contributed by atoms with Crippen molar-refractivity contribution in [3.8, 4) is 0 Å². The molecule has 92 valence electrons. The van der Waals surface area contributed by atoms with Crippen molar-refractivity contribution < 1.29 is 5.11 Å². The van der Waals surface area contributed by atoms with Crippen molar-refractivity contribution in [1.29, 1.82) is 0 Å². The topological polar surface area (TPSA) is 58.3 Å². The lowest BCUT2D eigenvalue weighted by Crippen LogP contribution is -2.34. The van der Waals surface area contributed by atoms with Gasteiger partial charge in [0.15, 0.2) is 0 Å². The standard InChI is InChI=1S/C11H19BrN2OS/c1-8(3-2-5-15)14-10(7-13)11-9(12)4-6-16-11/h4,6,8,10,14-15H,2-3,5,7,13H2,1H3. The predicted octanol–water partition coefficient (Wildman–Crippen LogP) is 2.26. The zero-order valence-corrected chi connectivity index (χ0v) is 11.9. The molecule has 0 aliphatic carbocycles. The SMILES string of the molecule is CC(CCCO)NC(CN)c1sccc1Br. The highest BCUT2D eigenvalue weighted by Gasteiger charge is 2.16. The summed E-state index contributed by atoms with van der Waals surface area (Å²) >= 11 is 5.23. The first-order valence-electron chi connectivity index (χ1n) is 5.49. The summed E-state index contributed by atoms with van der Waals surface area (Å²) in [6.07, 6.45) is 1.80. The number of thiophene rings is 1. The number of aliphatic hydroxyl groups excluding tert-OH is 1. The van der Waals surface area contributed by atoms with Gasteiger partial charge < -0.3 is 16.2 Å². The van der Waals surface area contributed by atoms with Crippen LogP contribution in [-0.2, 0) is 0 Å². The Morgan fingerprint density at radius 2 is 2.38 bits per heavy atom. The molecule has 0 aliphatic heterocycles. The quantitative estimate of drug-likeness (QED) is 0.724. The van der Waals surface area contributed by atoms with Gasteiger partial charge in [0.05, 0.1) is 6.04 Å². The molecule has 16 heavy (non-hydrogen) atoms. The molecule has 0 radical (unpaired) electrons. The first kappa shape index (κ1) is 14.1. The molecule has 0 fully saturated rings. The monoisotopic (exact) mass is 306 g/mol. The number of nitrogens with one attached hydrogen (secondary N) is 1. The molecule has 0 spiro atoms. The van der Waals surface area contributed by atoms with E-state index < -0.39 is 0 Å². The lowest BCUT2D eigenvalue weighted by Gasteiger charge is -2.21. The van der Waals surface area contributed by atoms with E-state index in [-0.39, 0.29) is 12.6 Å². The molecule has 0 amide bonds. The van der Waals surface area contributed by atoms with Crippen LogP contribution in [0.5, 0.6) is 0 Å². The van der Waals surface area contributed by atoms with Crippen molar-refractivity contribution >= 4 is 27.3 Å². The zero-order chi connectivity index (χ0) is 12.0. The van der Waals surface area contributed by atoms with E-state index >= 15 is 0 Å². The fraction of sp³-hybridized carbons (Fsp3) is 0.636. The Kier molecular flexibility index (Phi) is 6.53. The molecule has 4 N–H and O–H groups in total. The van der Waals surface area contributed by atoms with Crippen molar-refractivity contribution in [2.45, 2.75) is 31.8 Å². The van der Waals surface area contributed by atoms with Crippen LogP contribution in [0.1, 0.15) is 30.7 Å². The largest absolute Gasteiger partial charge is 0.396 e. The molecule has 1 aromatic heterocycles. The van der Waals surface area contributed by atoms with Crippen LogP contribution in [-0.4, -0.2) is 24.3 Å². The highest BCUT2D eigenvalue weighted by molar-refractivity contribution is 9.10. The minimum Gasteiger partial charge on any atom is -0.396 e. The van der Waals surface area contributed by atoms with E-state index in [1.54, 1.807) is 11.3 Å². The second-order valence-electron chi connectivity index (χ2n) is 3.85. The summed E-state index contributed by atoms with van der Waals surface area (Å²) in [4.78, 5) is 1.25. The third-order valence-electron chi connectivity index (χ3n) is 2.48. The van der Waals surface area contributed by atoms with E-state index in [2.05, 4.69) is 33.6 Å². The van der Waals surface area contributed by atoms with Crippen LogP contribution in [0.25, 0.3) is 0 Å². The van der Waals surface area contributed by atoms with E-state index in [4.69, 9.17) is 10.8 Å². The van der Waals surface area contributed by atoms with Gasteiger partial charge in [0, 0.05) is 28.5 Å². The number of rotatable bonds is 7. The fourth-order valence-electron chi connectivity index (χ4n) is 1.63. The second-order valence-corrected chi connectivity index (χ2v) is 5.66. The van der Waals surface area contributed by atoms with Crippen LogP contribution in [0.2, 0.25) is 0 Å². The van der Waals surface area contributed by atoms with Crippen molar-refractivity contribution in [3.63, 3.8) is 0 Å². The van der Waals surface area contributed by atoms with Crippen molar-refractivity contribution in [3.05, 3.63) is 20.8 Å². The summed E-state index contributed by atoms with van der Waals surface area (Å²) < 4.78 is 1.12. The Bertz CT molecular complexity index is 306. The van der Waals surface area contributed by atoms with Crippen LogP contribution in [0, 0.1) is 0 Å². The minimum atomic E-state index is 0.197. The average molecular weight is 307 g/mol. The summed E-state index contributed by atoms with van der Waals surface area (Å²) in [5.74, 6) is 0. The van der Waals surface area contributed by atoms with Gasteiger partial charge in [0.1, 0.15) is 0 Å². The normalized spacial score (nSPS) is 15.0. The molecule has 2 unspecified atom stereocenters. The molecule has 5 heteroatoms. The van der Waals surface area contributed by atoms with E-state index in [1.165, 1.54) is 4.88 Å². The molecule has 0 aromatic carbocycles. The number of halogens is 1. The Morgan fingerprint density at radius 3 is 2.88 bits per heavy atom. The highest BCUT2D eigenvalue weighted by atomic mass is 79.9. The molecule has 1 heterocycles. The average Bonchev–Trinajstić information content (AvgIpc) is 2.69. The number of hydrogen-bond acceptors (Lipinski definition) is 4. The van der Waals surface area contributed by atoms with Crippen molar-refractivity contribution in [2.75, 3.05) is 13.2 Å². The molecule has 1 rings (SSSR count). The molecule has 1 aromatic rings. The van der Waals surface area contributed by atoms with Crippen LogP contribution < -0.4 is 11.1 Å². The van der Waals surface area contributed by atoms with Crippen LogP contribution >= 0.6 is 27.3 Å². The van der Waals surface area contributed by atoms with Gasteiger partial charge in [-0.2, -0.15) is 0 Å². The zero-order valence-electron chi connectivity index (χ0n) is 9.45. The van der Waals surface area contributed by atoms with Gasteiger partial charge in [-0.15, -0.1) is 11.3 Å². The molecular weight excluding hydrogens is 288 g/mol. The summed E-state index contributed by atoms with van der Waals surface area (Å²) in [5, 5.41) is 14.3. The number of aliphatic hydroxyl groups is 1. The molecular formula is C11H19BrN2OS. The van der Waals surface area contributed by atoms with Crippen LogP contribution in [0.15, 0.2) is 15.9 Å². The summed E-state index contributed by atoms with van der Waals surface area (Å²) in [6.45, 7) is 2.96. The first-order chi connectivity index (χ1) is 7.69. The second kappa shape index (κ2) is 7.40. The summed E-state index contributed by atoms with van der Waals surface area (Å²) in [5.41, 5.74) is 5.78. The van der Waals surface area contributed by atoms with Gasteiger partial charge in [-0.1, -0.05) is 0 Å². The first-order valence-corrected chi connectivity index (χ1v) is 7.16. The van der Waals surface area contributed by atoms with Gasteiger partial charge in [0.2, 0.25) is 0 Å². The van der Waals surface area contributed by atoms with Crippen LogP contribution in [0.4, 0.5) is 0 Å². The van der Waals surface area contributed by atoms with Gasteiger partial charge in [-0.3, -0.25) is 0 Å². The molecule has 0 saturated carbocycles. The number of nitrogens with two attached hydrogens (primary N) is 1. The summed E-state index contributed by atoms with van der Waals surface area (Å²) in [7, 11) is 0. The maximum Gasteiger partial charge on any atom is 0.0552 e. The van der Waals surface area contributed by atoms with E-state index in [1.807, 2.05) is 6.07 Å². The van der Waals surface area contributed by atoms with E-state index in [9.17, 15) is 0 Å². The van der Waals surface area contributed by atoms with Crippen molar-refractivity contribution in [1.82, 2.24) is 5.32 Å². The molecule has 0 aliphatic rings. The third kappa shape index (κ3) is 4.14. The fourth-order valence-corrected chi connectivity index (χ4v) is 3.35. The third-order valence-corrected chi connectivity index (χ3v) is 4.46. The minimum absolute atomic E-state index is 0.197. The van der Waals surface area contributed by atoms with Gasteiger partial charge in [0.25, 0.3) is 0 Å². The Balaban J connectivity index is 2.52. The van der Waals surface area contributed by atoms with Gasteiger partial charge >= 0.3 is 0 Å². The smallest absolute Gasteiger partial charge is 0.0552 e. The Hall–Kier alpha value is 0.0600. The highest BCUT2D eigenvalue weighted by Crippen LogP contribution is 2.28. The molecule has 3 nitrogen and oxygen atoms in total. The molecule has 2 atom stereocenters. The van der Waals surface area contributed by atoms with Gasteiger partial charge in [-0.25, -0.2) is 0 Å². The van der Waals surface area contributed by atoms with E-state index in [0.29, 0.717) is 12.6 Å². The van der Waals surface area contributed by atoms with Gasteiger partial charge in [-0.05, 0) is 47.1 Å². The Morgan fingerprint density at radius 1 is 1.62 bits per heavy atom. The maximum atomic E-state index is 8.78. The summed E-state index contributed by atoms with van der Waals surface area (Å²) in [6, 6.07) is 2.61. The Labute approximate surface area is 109 Å². The molecule has 0 saturated heterocycles. The number of hydrogen-bond donors (Lipinski definition) is 3. The van der Waals surface area contributed by atoms with Crippen LogP contribution in [0.3, 0.4) is 0 Å². The van der Waals surface area contributed by atoms with E-state index in [0.717, 1.165) is 17.3 Å². The van der Waals surface area contributed by atoms with Crippen molar-refractivity contribution in [2.24, 2.45) is 5.73 Å².